The third-order valence-corrected chi connectivity index (χ3v) is 4.81. The number of fused-ring (bicyclic) bond motifs is 1. The SMILES string of the molecule is CC(C)CCc1nc2c(o1)CCN(C(=O)C(O)c1ccc(C(F)(F)F)cc1)C2. The van der Waals surface area contributed by atoms with Crippen molar-refractivity contribution in [2.75, 3.05) is 6.54 Å². The number of carbonyl (C=O) groups is 1. The smallest absolute Gasteiger partial charge is 0.416 e. The molecule has 0 saturated carbocycles. The summed E-state index contributed by atoms with van der Waals surface area (Å²) < 4.78 is 43.7. The highest BCUT2D eigenvalue weighted by atomic mass is 19.4. The van der Waals surface area contributed by atoms with Crippen LogP contribution in [0.4, 0.5) is 13.2 Å². The zero-order chi connectivity index (χ0) is 20.5. The maximum Gasteiger partial charge on any atom is 0.416 e. The van der Waals surface area contributed by atoms with Crippen LogP contribution in [0, 0.1) is 5.92 Å². The van der Waals surface area contributed by atoms with E-state index in [0.29, 0.717) is 30.5 Å². The van der Waals surface area contributed by atoms with Gasteiger partial charge in [-0.05, 0) is 30.0 Å². The lowest BCUT2D eigenvalue weighted by Gasteiger charge is -2.27. The van der Waals surface area contributed by atoms with Crippen LogP contribution in [0.15, 0.2) is 28.7 Å². The molecule has 28 heavy (non-hydrogen) atoms. The molecule has 0 spiro atoms. The first kappa shape index (κ1) is 20.4. The Balaban J connectivity index is 1.66. The van der Waals surface area contributed by atoms with Crippen LogP contribution in [0.1, 0.15) is 54.8 Å². The highest BCUT2D eigenvalue weighted by Crippen LogP contribution is 2.30. The maximum atomic E-state index is 12.7. The average molecular weight is 396 g/mol. The number of nitrogens with zero attached hydrogens (tertiary/aromatic N) is 2. The van der Waals surface area contributed by atoms with Crippen LogP contribution >= 0.6 is 0 Å². The number of carbonyl (C=O) groups excluding carboxylic acids is 1. The van der Waals surface area contributed by atoms with Crippen LogP contribution in [-0.4, -0.2) is 27.4 Å². The topological polar surface area (TPSA) is 66.6 Å². The van der Waals surface area contributed by atoms with Gasteiger partial charge in [0.15, 0.2) is 12.0 Å². The Kier molecular flexibility index (Phi) is 5.79. The molecule has 1 atom stereocenters. The van der Waals surface area contributed by atoms with E-state index < -0.39 is 23.8 Å². The minimum absolute atomic E-state index is 0.126. The van der Waals surface area contributed by atoms with Crippen molar-refractivity contribution >= 4 is 5.91 Å². The molecule has 152 valence electrons. The van der Waals surface area contributed by atoms with E-state index in [1.165, 1.54) is 4.90 Å². The van der Waals surface area contributed by atoms with Gasteiger partial charge in [0.2, 0.25) is 0 Å². The van der Waals surface area contributed by atoms with Crippen LogP contribution in [0.2, 0.25) is 0 Å². The highest BCUT2D eigenvalue weighted by Gasteiger charge is 2.32. The molecule has 2 heterocycles. The van der Waals surface area contributed by atoms with Gasteiger partial charge in [-0.1, -0.05) is 26.0 Å². The standard InChI is InChI=1S/C20H23F3N2O3/c1-12(2)3-8-17-24-15-11-25(10-9-16(15)28-17)19(27)18(26)13-4-6-14(7-5-13)20(21,22)23/h4-7,12,18,26H,3,8-11H2,1-2H3. The zero-order valence-electron chi connectivity index (χ0n) is 15.8. The van der Waals surface area contributed by atoms with Crippen molar-refractivity contribution in [1.29, 1.82) is 0 Å². The van der Waals surface area contributed by atoms with Crippen molar-refractivity contribution in [3.8, 4) is 0 Å². The van der Waals surface area contributed by atoms with Crippen LogP contribution in [-0.2, 0) is 30.4 Å². The largest absolute Gasteiger partial charge is 0.445 e. The lowest BCUT2D eigenvalue weighted by molar-refractivity contribution is -0.141. The van der Waals surface area contributed by atoms with Gasteiger partial charge in [-0.2, -0.15) is 13.2 Å². The first-order chi connectivity index (χ1) is 13.1. The predicted octanol–water partition coefficient (Wildman–Crippen LogP) is 3.90. The Morgan fingerprint density at radius 2 is 1.96 bits per heavy atom. The van der Waals surface area contributed by atoms with Gasteiger partial charge in [0.1, 0.15) is 11.5 Å². The van der Waals surface area contributed by atoms with Crippen molar-refractivity contribution in [1.82, 2.24) is 9.88 Å². The molecule has 2 aromatic rings. The van der Waals surface area contributed by atoms with Crippen molar-refractivity contribution in [3.05, 3.63) is 52.7 Å². The molecule has 1 unspecified atom stereocenters. The Hall–Kier alpha value is -2.35. The van der Waals surface area contributed by atoms with Gasteiger partial charge in [-0.25, -0.2) is 4.98 Å². The highest BCUT2D eigenvalue weighted by molar-refractivity contribution is 5.82. The van der Waals surface area contributed by atoms with Crippen LogP contribution in [0.3, 0.4) is 0 Å². The molecule has 0 radical (unpaired) electrons. The summed E-state index contributed by atoms with van der Waals surface area (Å²) in [6.45, 7) is 4.82. The lowest BCUT2D eigenvalue weighted by Crippen LogP contribution is -2.39. The van der Waals surface area contributed by atoms with Gasteiger partial charge < -0.3 is 14.4 Å². The van der Waals surface area contributed by atoms with E-state index in [1.54, 1.807) is 0 Å². The quantitative estimate of drug-likeness (QED) is 0.833. The first-order valence-electron chi connectivity index (χ1n) is 9.26. The van der Waals surface area contributed by atoms with E-state index in [0.717, 1.165) is 42.9 Å². The van der Waals surface area contributed by atoms with Gasteiger partial charge in [-0.3, -0.25) is 4.79 Å². The normalized spacial score (nSPS) is 15.6. The summed E-state index contributed by atoms with van der Waals surface area (Å²) in [7, 11) is 0. The molecule has 5 nitrogen and oxygen atoms in total. The summed E-state index contributed by atoms with van der Waals surface area (Å²) in [5.74, 6) is 1.38. The van der Waals surface area contributed by atoms with E-state index in [9.17, 15) is 23.1 Å². The van der Waals surface area contributed by atoms with Crippen molar-refractivity contribution in [3.63, 3.8) is 0 Å². The number of benzene rings is 1. The molecule has 1 aliphatic heterocycles. The number of hydrogen-bond donors (Lipinski definition) is 1. The number of hydrogen-bond acceptors (Lipinski definition) is 4. The minimum atomic E-state index is -4.46. The Morgan fingerprint density at radius 3 is 2.57 bits per heavy atom. The molecule has 8 heteroatoms. The number of aryl methyl sites for hydroxylation is 1. The molecule has 1 aliphatic rings. The number of aromatic nitrogens is 1. The van der Waals surface area contributed by atoms with E-state index in [4.69, 9.17) is 4.42 Å². The van der Waals surface area contributed by atoms with Crippen LogP contribution in [0.25, 0.3) is 0 Å². The van der Waals surface area contributed by atoms with Gasteiger partial charge in [0, 0.05) is 19.4 Å². The van der Waals surface area contributed by atoms with Gasteiger partial charge in [-0.15, -0.1) is 0 Å². The zero-order valence-corrected chi connectivity index (χ0v) is 15.8. The number of aliphatic hydroxyl groups is 1. The van der Waals surface area contributed by atoms with E-state index in [-0.39, 0.29) is 12.1 Å². The Labute approximate surface area is 161 Å². The fourth-order valence-electron chi connectivity index (χ4n) is 3.13. The van der Waals surface area contributed by atoms with E-state index >= 15 is 0 Å². The molecule has 1 aromatic carbocycles. The third kappa shape index (κ3) is 4.55. The summed E-state index contributed by atoms with van der Waals surface area (Å²) in [5, 5.41) is 10.3. The Bertz CT molecular complexity index is 828. The summed E-state index contributed by atoms with van der Waals surface area (Å²) in [5.41, 5.74) is -0.0189. The Morgan fingerprint density at radius 1 is 1.29 bits per heavy atom. The third-order valence-electron chi connectivity index (χ3n) is 4.81. The molecule has 0 saturated heterocycles. The van der Waals surface area contributed by atoms with Gasteiger partial charge in [0.25, 0.3) is 5.91 Å². The molecule has 1 N–H and O–H groups in total. The monoisotopic (exact) mass is 396 g/mol. The number of rotatable bonds is 5. The van der Waals surface area contributed by atoms with Gasteiger partial charge in [0.05, 0.1) is 12.1 Å². The summed E-state index contributed by atoms with van der Waals surface area (Å²) in [6, 6.07) is 3.97. The predicted molar refractivity (Wildman–Crippen MR) is 95.2 cm³/mol. The number of aliphatic hydroxyl groups excluding tert-OH is 1. The number of alkyl halides is 3. The number of oxazole rings is 1. The first-order valence-corrected chi connectivity index (χ1v) is 9.26. The second kappa shape index (κ2) is 7.95. The summed E-state index contributed by atoms with van der Waals surface area (Å²) >= 11 is 0. The molecule has 0 aliphatic carbocycles. The molecular weight excluding hydrogens is 373 g/mol. The summed E-state index contributed by atoms with van der Waals surface area (Å²) in [6.07, 6.45) is -3.80. The summed E-state index contributed by atoms with van der Waals surface area (Å²) in [4.78, 5) is 18.5. The molecule has 0 bridgehead atoms. The fourth-order valence-corrected chi connectivity index (χ4v) is 3.13. The molecular formula is C20H23F3N2O3. The minimum Gasteiger partial charge on any atom is -0.445 e. The van der Waals surface area contributed by atoms with E-state index in [2.05, 4.69) is 18.8 Å². The van der Waals surface area contributed by atoms with Crippen molar-refractivity contribution in [2.45, 2.75) is 51.9 Å². The fraction of sp³-hybridized carbons (Fsp3) is 0.500. The van der Waals surface area contributed by atoms with Crippen molar-refractivity contribution < 1.29 is 27.5 Å². The average Bonchev–Trinajstić information content (AvgIpc) is 3.06. The second-order valence-electron chi connectivity index (χ2n) is 7.44. The maximum absolute atomic E-state index is 12.7. The van der Waals surface area contributed by atoms with Gasteiger partial charge >= 0.3 is 6.18 Å². The molecule has 1 aromatic heterocycles. The van der Waals surface area contributed by atoms with Crippen LogP contribution in [0.5, 0.6) is 0 Å². The van der Waals surface area contributed by atoms with E-state index in [1.807, 2.05) is 0 Å². The number of halogens is 3. The lowest BCUT2D eigenvalue weighted by atomic mass is 10.0. The molecule has 3 rings (SSSR count). The van der Waals surface area contributed by atoms with Crippen LogP contribution < -0.4 is 0 Å². The molecule has 1 amide bonds. The second-order valence-corrected chi connectivity index (χ2v) is 7.44. The number of amides is 1. The molecule has 0 fully saturated rings. The van der Waals surface area contributed by atoms with Crippen molar-refractivity contribution in [2.24, 2.45) is 5.92 Å².